The quantitative estimate of drug-likeness (QED) is 0.168. The Balaban J connectivity index is 0.859. The van der Waals surface area contributed by atoms with Crippen molar-refractivity contribution in [3.8, 4) is 0 Å². The SMILES string of the molecule is COC(=O)C[C@H]1CCC[C@@H]1[C@@](CN1CCC1)(c1cccc(F)c1)C1CCN(CC2CN(c3cccc(S(=O)(=O)C4CN(C(=O)/C=C/CN5CCCCC5)C4)c3)C2)CC1. The van der Waals surface area contributed by atoms with Crippen molar-refractivity contribution in [1.82, 2.24) is 19.6 Å². The van der Waals surface area contributed by atoms with Gasteiger partial charge in [-0.05, 0) is 138 Å². The minimum absolute atomic E-state index is 0.108. The summed E-state index contributed by atoms with van der Waals surface area (Å²) < 4.78 is 47.5. The van der Waals surface area contributed by atoms with Gasteiger partial charge in [0.15, 0.2) is 9.84 Å². The monoisotopic (exact) mass is 817 g/mol. The van der Waals surface area contributed by atoms with Gasteiger partial charge >= 0.3 is 5.97 Å². The van der Waals surface area contributed by atoms with Crippen molar-refractivity contribution < 1.29 is 27.1 Å². The summed E-state index contributed by atoms with van der Waals surface area (Å²) in [5.41, 5.74) is 1.82. The van der Waals surface area contributed by atoms with Crippen LogP contribution in [-0.2, 0) is 29.6 Å². The van der Waals surface area contributed by atoms with Crippen LogP contribution in [0, 0.1) is 29.5 Å². The summed E-state index contributed by atoms with van der Waals surface area (Å²) in [6.07, 6.45) is 14.1. The summed E-state index contributed by atoms with van der Waals surface area (Å²) in [5.74, 6) is 0.986. The van der Waals surface area contributed by atoms with Crippen LogP contribution in [0.1, 0.15) is 69.8 Å². The zero-order chi connectivity index (χ0) is 40.3. The number of carbonyl (C=O) groups is 2. The number of esters is 1. The number of piperidine rings is 2. The van der Waals surface area contributed by atoms with Crippen LogP contribution < -0.4 is 4.90 Å². The molecule has 0 N–H and O–H groups in total. The fraction of sp³-hybridized carbons (Fsp3) is 0.652. The number of rotatable bonds is 15. The number of anilines is 1. The largest absolute Gasteiger partial charge is 0.469 e. The average molecular weight is 818 g/mol. The van der Waals surface area contributed by atoms with Crippen LogP contribution in [0.2, 0.25) is 0 Å². The molecule has 8 rings (SSSR count). The van der Waals surface area contributed by atoms with E-state index in [9.17, 15) is 18.0 Å². The van der Waals surface area contributed by atoms with E-state index in [4.69, 9.17) is 4.74 Å². The van der Waals surface area contributed by atoms with Gasteiger partial charge < -0.3 is 24.3 Å². The van der Waals surface area contributed by atoms with Crippen LogP contribution in [0.15, 0.2) is 65.6 Å². The van der Waals surface area contributed by atoms with E-state index >= 15 is 4.39 Å². The molecule has 5 heterocycles. The van der Waals surface area contributed by atoms with Crippen LogP contribution in [0.3, 0.4) is 0 Å². The van der Waals surface area contributed by atoms with E-state index in [2.05, 4.69) is 25.7 Å². The van der Waals surface area contributed by atoms with Gasteiger partial charge in [-0.2, -0.15) is 0 Å². The molecule has 0 radical (unpaired) electrons. The predicted octanol–water partition coefficient (Wildman–Crippen LogP) is 5.62. The van der Waals surface area contributed by atoms with Crippen molar-refractivity contribution in [2.24, 2.45) is 23.7 Å². The van der Waals surface area contributed by atoms with Crippen molar-refractivity contribution in [2.45, 2.75) is 79.8 Å². The average Bonchev–Trinajstić information content (AvgIpc) is 3.64. The first-order valence-corrected chi connectivity index (χ1v) is 23.7. The molecule has 2 aromatic carbocycles. The van der Waals surface area contributed by atoms with Crippen LogP contribution >= 0.6 is 0 Å². The van der Waals surface area contributed by atoms with Crippen molar-refractivity contribution >= 4 is 27.4 Å². The van der Waals surface area contributed by atoms with Gasteiger partial charge in [0.05, 0.1) is 12.0 Å². The molecular weight excluding hydrogens is 754 g/mol. The second-order valence-corrected chi connectivity index (χ2v) is 20.5. The molecule has 316 valence electrons. The number of sulfone groups is 1. The molecule has 5 saturated heterocycles. The third-order valence-electron chi connectivity index (χ3n) is 14.7. The Morgan fingerprint density at radius 3 is 2.28 bits per heavy atom. The molecule has 0 aromatic heterocycles. The number of amides is 1. The van der Waals surface area contributed by atoms with Gasteiger partial charge in [0, 0.05) is 75.3 Å². The van der Waals surface area contributed by atoms with Crippen LogP contribution in [0.5, 0.6) is 0 Å². The molecule has 58 heavy (non-hydrogen) atoms. The number of nitrogens with zero attached hydrogens (tertiary/aromatic N) is 5. The molecule has 5 aliphatic heterocycles. The summed E-state index contributed by atoms with van der Waals surface area (Å²) in [6.45, 7) is 11.2. The van der Waals surface area contributed by atoms with E-state index in [1.165, 1.54) is 32.8 Å². The standard InChI is InChI=1S/C46H64FN5O5S/c1-57-45(54)26-36-10-5-15-43(36)46(34-50-22-9-23-50,38-11-6-12-39(47)27-38)37-17-24-49(25-18-37)29-35-30-51(31-35)40-13-7-14-41(28-40)58(55,56)42-32-52(33-42)44(53)16-8-21-48-19-3-2-4-20-48/h6-8,11-14,16,27-28,35-37,42-43H,2-5,9-10,15,17-26,29-34H2,1H3/b16-8+/t36-,43+,46-/m1/s1. The number of likely N-dealkylation sites (tertiary alicyclic amines) is 4. The Morgan fingerprint density at radius 1 is 0.828 bits per heavy atom. The van der Waals surface area contributed by atoms with E-state index in [0.717, 1.165) is 115 Å². The lowest BCUT2D eigenvalue weighted by Gasteiger charge is -2.54. The van der Waals surface area contributed by atoms with Crippen molar-refractivity contribution in [1.29, 1.82) is 0 Å². The van der Waals surface area contributed by atoms with Crippen LogP contribution in [0.4, 0.5) is 10.1 Å². The maximum Gasteiger partial charge on any atom is 0.305 e. The number of benzene rings is 2. The van der Waals surface area contributed by atoms with Crippen LogP contribution in [-0.4, -0.2) is 137 Å². The lowest BCUT2D eigenvalue weighted by molar-refractivity contribution is -0.142. The maximum atomic E-state index is 15.1. The molecule has 10 nitrogen and oxygen atoms in total. The van der Waals surface area contributed by atoms with Gasteiger partial charge in [0.2, 0.25) is 5.91 Å². The third kappa shape index (κ3) is 8.91. The third-order valence-corrected chi connectivity index (χ3v) is 16.8. The van der Waals surface area contributed by atoms with Crippen molar-refractivity contribution in [2.75, 3.05) is 97.1 Å². The van der Waals surface area contributed by atoms with Gasteiger partial charge in [0.25, 0.3) is 0 Å². The fourth-order valence-corrected chi connectivity index (χ4v) is 13.0. The molecule has 0 spiro atoms. The molecule has 1 saturated carbocycles. The number of hydrogen-bond acceptors (Lipinski definition) is 9. The minimum atomic E-state index is -3.55. The van der Waals surface area contributed by atoms with Gasteiger partial charge in [-0.1, -0.05) is 37.1 Å². The van der Waals surface area contributed by atoms with E-state index in [-0.39, 0.29) is 42.1 Å². The van der Waals surface area contributed by atoms with Gasteiger partial charge in [-0.3, -0.25) is 14.5 Å². The van der Waals surface area contributed by atoms with Gasteiger partial charge in [-0.15, -0.1) is 0 Å². The second-order valence-electron chi connectivity index (χ2n) is 18.3. The van der Waals surface area contributed by atoms with Gasteiger partial charge in [0.1, 0.15) is 11.1 Å². The summed E-state index contributed by atoms with van der Waals surface area (Å²) in [6, 6.07) is 14.7. The highest BCUT2D eigenvalue weighted by atomic mass is 32.2. The molecule has 1 amide bonds. The first-order chi connectivity index (χ1) is 28.1. The Kier molecular flexibility index (Phi) is 12.9. The van der Waals surface area contributed by atoms with Crippen LogP contribution in [0.25, 0.3) is 0 Å². The Labute approximate surface area is 345 Å². The summed E-state index contributed by atoms with van der Waals surface area (Å²) in [4.78, 5) is 37.1. The minimum Gasteiger partial charge on any atom is -0.469 e. The lowest BCUT2D eigenvalue weighted by Crippen LogP contribution is -2.58. The van der Waals surface area contributed by atoms with Gasteiger partial charge in [-0.25, -0.2) is 12.8 Å². The first kappa shape index (κ1) is 41.4. The molecule has 2 aromatic rings. The number of ether oxygens (including phenoxy) is 1. The maximum absolute atomic E-state index is 15.1. The highest BCUT2D eigenvalue weighted by Gasteiger charge is 2.53. The smallest absolute Gasteiger partial charge is 0.305 e. The number of methoxy groups -OCH3 is 1. The van der Waals surface area contributed by atoms with E-state index in [1.54, 1.807) is 29.2 Å². The molecule has 0 unspecified atom stereocenters. The first-order valence-electron chi connectivity index (χ1n) is 22.2. The molecule has 0 bridgehead atoms. The Bertz CT molecular complexity index is 1880. The summed E-state index contributed by atoms with van der Waals surface area (Å²) in [7, 11) is -2.07. The molecule has 1 aliphatic carbocycles. The highest BCUT2D eigenvalue weighted by Crippen LogP contribution is 2.54. The van der Waals surface area contributed by atoms with Crippen molar-refractivity contribution in [3.05, 3.63) is 72.1 Å². The highest BCUT2D eigenvalue weighted by molar-refractivity contribution is 7.92. The molecule has 6 aliphatic rings. The van der Waals surface area contributed by atoms with Crippen molar-refractivity contribution in [3.63, 3.8) is 0 Å². The topological polar surface area (TPSA) is 93.7 Å². The van der Waals surface area contributed by atoms with E-state index < -0.39 is 15.1 Å². The zero-order valence-corrected chi connectivity index (χ0v) is 35.3. The summed E-state index contributed by atoms with van der Waals surface area (Å²) in [5, 5.41) is -0.577. The fourth-order valence-electron chi connectivity index (χ4n) is 11.3. The predicted molar refractivity (Wildman–Crippen MR) is 225 cm³/mol. The number of halogens is 1. The molecule has 12 heteroatoms. The van der Waals surface area contributed by atoms with E-state index in [1.807, 2.05) is 30.3 Å². The van der Waals surface area contributed by atoms with E-state index in [0.29, 0.717) is 29.1 Å². The number of carbonyl (C=O) groups excluding carboxylic acids is 2. The normalized spacial score (nSPS) is 25.6. The summed E-state index contributed by atoms with van der Waals surface area (Å²) >= 11 is 0. The molecule has 3 atom stereocenters. The second kappa shape index (κ2) is 18.1. The number of hydrogen-bond donors (Lipinski definition) is 0. The Hall–Kier alpha value is -3.32. The zero-order valence-electron chi connectivity index (χ0n) is 34.5. The molecular formula is C46H64FN5O5S. The Morgan fingerprint density at radius 2 is 1.57 bits per heavy atom. The molecule has 6 fully saturated rings. The lowest BCUT2D eigenvalue weighted by atomic mass is 9.56.